The number of hydrogen-bond donors (Lipinski definition) is 0. The molecule has 0 atom stereocenters. The van der Waals surface area contributed by atoms with Crippen LogP contribution in [-0.2, 0) is 12.3 Å². The minimum atomic E-state index is -0.0132. The number of rotatable bonds is 6. The minimum Gasteiger partial charge on any atom is -0.444 e. The zero-order valence-electron chi connectivity index (χ0n) is 15.3. The maximum atomic E-state index is 12.9. The lowest BCUT2D eigenvalue weighted by atomic mass is 10.2. The predicted octanol–water partition coefficient (Wildman–Crippen LogP) is 5.52. The first-order chi connectivity index (χ1) is 13.7. The van der Waals surface area contributed by atoms with E-state index in [2.05, 4.69) is 27.8 Å². The fourth-order valence-electron chi connectivity index (χ4n) is 2.93. The van der Waals surface area contributed by atoms with Gasteiger partial charge in [-0.1, -0.05) is 52.8 Å². The third kappa shape index (κ3) is 3.91. The second-order valence-electron chi connectivity index (χ2n) is 6.31. The quantitative estimate of drug-likeness (QED) is 0.283. The van der Waals surface area contributed by atoms with Crippen LogP contribution in [0.15, 0.2) is 73.6 Å². The molecule has 0 saturated carbocycles. The normalized spacial score (nSPS) is 11.2. The van der Waals surface area contributed by atoms with E-state index in [0.29, 0.717) is 34.2 Å². The number of aromatic nitrogens is 3. The van der Waals surface area contributed by atoms with Crippen molar-refractivity contribution in [1.29, 1.82) is 0 Å². The van der Waals surface area contributed by atoms with Crippen molar-refractivity contribution >= 4 is 38.6 Å². The number of nitrogens with zero attached hydrogens (tertiary/aromatic N) is 3. The summed E-state index contributed by atoms with van der Waals surface area (Å²) in [6, 6.07) is 15.4. The standard InChI is InChI=1S/C21H18BrN3O2S/c1-2-10-25-20(26)17-11-15(22)8-9-18(17)24-21(25)28-13-16-12-27-19(23-16)14-6-4-3-5-7-14/h3-9,11-12H,2,10,13H2,1H3. The molecule has 0 bridgehead atoms. The van der Waals surface area contributed by atoms with Gasteiger partial charge in [-0.3, -0.25) is 9.36 Å². The number of hydrogen-bond acceptors (Lipinski definition) is 5. The van der Waals surface area contributed by atoms with Gasteiger partial charge in [0.25, 0.3) is 5.56 Å². The Balaban J connectivity index is 1.63. The van der Waals surface area contributed by atoms with Crippen molar-refractivity contribution in [3.63, 3.8) is 0 Å². The highest BCUT2D eigenvalue weighted by Gasteiger charge is 2.13. The Morgan fingerprint density at radius 2 is 1.96 bits per heavy atom. The fraction of sp³-hybridized carbons (Fsp3) is 0.190. The summed E-state index contributed by atoms with van der Waals surface area (Å²) in [6.07, 6.45) is 2.52. The summed E-state index contributed by atoms with van der Waals surface area (Å²) in [4.78, 5) is 22.2. The summed E-state index contributed by atoms with van der Waals surface area (Å²) in [7, 11) is 0. The van der Waals surface area contributed by atoms with E-state index in [-0.39, 0.29) is 5.56 Å². The van der Waals surface area contributed by atoms with E-state index in [0.717, 1.165) is 22.2 Å². The van der Waals surface area contributed by atoms with Gasteiger partial charge in [-0.25, -0.2) is 9.97 Å². The third-order valence-electron chi connectivity index (χ3n) is 4.25. The van der Waals surface area contributed by atoms with Gasteiger partial charge < -0.3 is 4.42 Å². The summed E-state index contributed by atoms with van der Waals surface area (Å²) in [5, 5.41) is 1.32. The van der Waals surface area contributed by atoms with Crippen molar-refractivity contribution in [2.24, 2.45) is 0 Å². The molecule has 2 aromatic carbocycles. The van der Waals surface area contributed by atoms with Crippen molar-refractivity contribution in [3.05, 3.63) is 75.3 Å². The highest BCUT2D eigenvalue weighted by Crippen LogP contribution is 2.25. The molecule has 0 amide bonds. The van der Waals surface area contributed by atoms with Crippen molar-refractivity contribution < 1.29 is 4.42 Å². The van der Waals surface area contributed by atoms with Crippen LogP contribution in [0.5, 0.6) is 0 Å². The summed E-state index contributed by atoms with van der Waals surface area (Å²) < 4.78 is 8.23. The maximum Gasteiger partial charge on any atom is 0.262 e. The first-order valence-electron chi connectivity index (χ1n) is 8.98. The molecule has 2 heterocycles. The lowest BCUT2D eigenvalue weighted by Crippen LogP contribution is -2.23. The first kappa shape index (κ1) is 19.0. The van der Waals surface area contributed by atoms with Crippen LogP contribution in [0, 0.1) is 0 Å². The van der Waals surface area contributed by atoms with Crippen LogP contribution in [0.1, 0.15) is 19.0 Å². The van der Waals surface area contributed by atoms with E-state index in [1.807, 2.05) is 48.5 Å². The van der Waals surface area contributed by atoms with E-state index in [1.165, 1.54) is 11.8 Å². The van der Waals surface area contributed by atoms with Crippen molar-refractivity contribution in [3.8, 4) is 11.5 Å². The van der Waals surface area contributed by atoms with E-state index in [4.69, 9.17) is 9.40 Å². The first-order valence-corrected chi connectivity index (χ1v) is 10.8. The van der Waals surface area contributed by atoms with E-state index in [9.17, 15) is 4.79 Å². The fourth-order valence-corrected chi connectivity index (χ4v) is 4.19. The topological polar surface area (TPSA) is 60.9 Å². The molecule has 28 heavy (non-hydrogen) atoms. The van der Waals surface area contributed by atoms with Crippen LogP contribution >= 0.6 is 27.7 Å². The summed E-state index contributed by atoms with van der Waals surface area (Å²) >= 11 is 4.93. The Kier molecular flexibility index (Phi) is 5.64. The van der Waals surface area contributed by atoms with Crippen LogP contribution in [0.2, 0.25) is 0 Å². The molecule has 0 N–H and O–H groups in total. The van der Waals surface area contributed by atoms with Gasteiger partial charge in [0.15, 0.2) is 5.16 Å². The van der Waals surface area contributed by atoms with Crippen molar-refractivity contribution in [2.75, 3.05) is 0 Å². The smallest absolute Gasteiger partial charge is 0.262 e. The molecule has 4 rings (SSSR count). The summed E-state index contributed by atoms with van der Waals surface area (Å²) in [5.41, 5.74) is 2.45. The van der Waals surface area contributed by atoms with Gasteiger partial charge in [0.05, 0.1) is 16.6 Å². The molecule has 0 aliphatic carbocycles. The monoisotopic (exact) mass is 455 g/mol. The van der Waals surface area contributed by atoms with Crippen LogP contribution in [0.4, 0.5) is 0 Å². The number of fused-ring (bicyclic) bond motifs is 1. The average Bonchev–Trinajstić information content (AvgIpc) is 3.19. The Morgan fingerprint density at radius 3 is 2.75 bits per heavy atom. The van der Waals surface area contributed by atoms with Crippen LogP contribution in [0.25, 0.3) is 22.4 Å². The molecule has 2 aromatic heterocycles. The van der Waals surface area contributed by atoms with Crippen LogP contribution in [0.3, 0.4) is 0 Å². The zero-order chi connectivity index (χ0) is 19.5. The Morgan fingerprint density at radius 1 is 1.14 bits per heavy atom. The molecular weight excluding hydrogens is 438 g/mol. The van der Waals surface area contributed by atoms with Crippen molar-refractivity contribution in [2.45, 2.75) is 30.8 Å². The van der Waals surface area contributed by atoms with Crippen molar-refractivity contribution in [1.82, 2.24) is 14.5 Å². The minimum absolute atomic E-state index is 0.0132. The molecule has 0 aliphatic heterocycles. The summed E-state index contributed by atoms with van der Waals surface area (Å²) in [6.45, 7) is 2.68. The van der Waals surface area contributed by atoms with Gasteiger partial charge in [0.1, 0.15) is 6.26 Å². The van der Waals surface area contributed by atoms with Gasteiger partial charge >= 0.3 is 0 Å². The molecule has 0 spiro atoms. The van der Waals surface area contributed by atoms with Gasteiger partial charge in [-0.2, -0.15) is 0 Å². The second-order valence-corrected chi connectivity index (χ2v) is 8.17. The molecule has 5 nitrogen and oxygen atoms in total. The largest absolute Gasteiger partial charge is 0.444 e. The Bertz CT molecular complexity index is 1170. The molecule has 142 valence electrons. The van der Waals surface area contributed by atoms with Gasteiger partial charge in [-0.05, 0) is 36.8 Å². The molecule has 0 aliphatic rings. The Labute approximate surface area is 175 Å². The van der Waals surface area contributed by atoms with Gasteiger partial charge in [0, 0.05) is 22.3 Å². The van der Waals surface area contributed by atoms with Crippen LogP contribution < -0.4 is 5.56 Å². The average molecular weight is 456 g/mol. The lowest BCUT2D eigenvalue weighted by molar-refractivity contribution is 0.573. The summed E-state index contributed by atoms with van der Waals surface area (Å²) in [5.74, 6) is 1.17. The number of halogens is 1. The number of thioether (sulfide) groups is 1. The molecule has 7 heteroatoms. The Hall–Kier alpha value is -2.38. The molecule has 0 radical (unpaired) electrons. The second kappa shape index (κ2) is 8.32. The molecule has 4 aromatic rings. The van der Waals surface area contributed by atoms with E-state index in [1.54, 1.807) is 10.8 Å². The number of benzene rings is 2. The van der Waals surface area contributed by atoms with Gasteiger partial charge in [-0.15, -0.1) is 0 Å². The molecule has 0 unspecified atom stereocenters. The lowest BCUT2D eigenvalue weighted by Gasteiger charge is -2.11. The van der Waals surface area contributed by atoms with E-state index < -0.39 is 0 Å². The highest BCUT2D eigenvalue weighted by atomic mass is 79.9. The van der Waals surface area contributed by atoms with Crippen LogP contribution in [-0.4, -0.2) is 14.5 Å². The molecular formula is C21H18BrN3O2S. The zero-order valence-corrected chi connectivity index (χ0v) is 17.7. The SMILES string of the molecule is CCCn1c(SCc2coc(-c3ccccc3)n2)nc2ccc(Br)cc2c1=O. The maximum absolute atomic E-state index is 12.9. The molecule has 0 fully saturated rings. The number of oxazole rings is 1. The van der Waals surface area contributed by atoms with E-state index >= 15 is 0 Å². The van der Waals surface area contributed by atoms with Gasteiger partial charge in [0.2, 0.25) is 5.89 Å². The predicted molar refractivity (Wildman–Crippen MR) is 115 cm³/mol. The highest BCUT2D eigenvalue weighted by molar-refractivity contribution is 9.10. The third-order valence-corrected chi connectivity index (χ3v) is 5.75. The molecule has 0 saturated heterocycles.